The van der Waals surface area contributed by atoms with Crippen molar-refractivity contribution >= 4 is 11.8 Å². The van der Waals surface area contributed by atoms with Gasteiger partial charge in [0, 0.05) is 24.7 Å². The van der Waals surface area contributed by atoms with Gasteiger partial charge in [-0.1, -0.05) is 58.6 Å². The average molecular weight is 489 g/mol. The molecule has 9 nitrogen and oxygen atoms in total. The first kappa shape index (κ1) is 30.7. The number of ketones is 1. The van der Waals surface area contributed by atoms with E-state index in [2.05, 4.69) is 6.92 Å². The molecule has 2 fully saturated rings. The number of ether oxygens (including phenoxy) is 2. The molecule has 1 heterocycles. The van der Waals surface area contributed by atoms with E-state index in [1.54, 1.807) is 0 Å². The molecular weight excluding hydrogens is 444 g/mol. The maximum absolute atomic E-state index is 12.2. The third-order valence-corrected chi connectivity index (χ3v) is 6.29. The number of hydrogen-bond donors (Lipinski definition) is 5. The molecule has 0 amide bonds. The molecule has 0 aromatic rings. The maximum atomic E-state index is 12.2. The Balaban J connectivity index is 0.00000281. The Morgan fingerprint density at radius 3 is 2.38 bits per heavy atom. The summed E-state index contributed by atoms with van der Waals surface area (Å²) in [6.07, 6.45) is 2.12. The summed E-state index contributed by atoms with van der Waals surface area (Å²) >= 11 is 0. The van der Waals surface area contributed by atoms with Gasteiger partial charge in [0.2, 0.25) is 6.29 Å². The Kier molecular flexibility index (Phi) is 14.7. The molecule has 0 aromatic heterocycles. The van der Waals surface area contributed by atoms with Gasteiger partial charge in [0.15, 0.2) is 0 Å². The van der Waals surface area contributed by atoms with Gasteiger partial charge in [-0.25, -0.2) is 0 Å². The maximum Gasteiger partial charge on any atom is 0.308 e. The van der Waals surface area contributed by atoms with Crippen LogP contribution in [0, 0.1) is 11.8 Å². The zero-order chi connectivity index (χ0) is 25.7. The van der Waals surface area contributed by atoms with E-state index >= 15 is 0 Å². The number of aliphatic hydroxyl groups excluding tert-OH is 5. The standard InChI is InChI=1S/C23H38O9.C2H6/c1-2-3-6-9-14-15(17(26)12-16(14)25)10-7-4-5-8-11-19(27)32-23-22(30)21(29)20(28)18(13-24)31-23;1-2/h6,9,14-16,18,20-25,28-30H,2-5,7-8,10-13H2,1H3;1-2H3/t14?,15?,16?,18-,20-,21+,22-,23?;/m1./s1. The minimum atomic E-state index is -1.60. The monoisotopic (exact) mass is 488 g/mol. The van der Waals surface area contributed by atoms with Crippen LogP contribution in [0.2, 0.25) is 0 Å². The predicted octanol–water partition coefficient (Wildman–Crippen LogP) is 1.62. The van der Waals surface area contributed by atoms with Crippen molar-refractivity contribution in [3.05, 3.63) is 12.2 Å². The molecule has 34 heavy (non-hydrogen) atoms. The summed E-state index contributed by atoms with van der Waals surface area (Å²) in [5.74, 6) is -0.742. The van der Waals surface area contributed by atoms with Crippen molar-refractivity contribution in [3.63, 3.8) is 0 Å². The van der Waals surface area contributed by atoms with Crippen LogP contribution in [-0.2, 0) is 19.1 Å². The minimum absolute atomic E-state index is 0.0957. The van der Waals surface area contributed by atoms with E-state index in [1.807, 2.05) is 26.0 Å². The van der Waals surface area contributed by atoms with E-state index in [0.29, 0.717) is 12.8 Å². The molecule has 5 N–H and O–H groups in total. The molecule has 2 aliphatic rings. The van der Waals surface area contributed by atoms with E-state index in [1.165, 1.54) is 0 Å². The molecule has 1 saturated carbocycles. The summed E-state index contributed by atoms with van der Waals surface area (Å²) in [5, 5.41) is 48.7. The number of carbonyl (C=O) groups excluding carboxylic acids is 2. The number of unbranched alkanes of at least 4 members (excludes halogenated alkanes) is 4. The van der Waals surface area contributed by atoms with Crippen molar-refractivity contribution in [1.29, 1.82) is 0 Å². The first-order chi connectivity index (χ1) is 16.3. The Morgan fingerprint density at radius 1 is 1.06 bits per heavy atom. The second kappa shape index (κ2) is 16.3. The molecule has 0 bridgehead atoms. The molecular formula is C25H44O9. The highest BCUT2D eigenvalue weighted by molar-refractivity contribution is 5.84. The van der Waals surface area contributed by atoms with Crippen molar-refractivity contribution in [2.24, 2.45) is 11.8 Å². The summed E-state index contributed by atoms with van der Waals surface area (Å²) in [7, 11) is 0. The van der Waals surface area contributed by atoms with Crippen LogP contribution in [-0.4, -0.2) is 80.7 Å². The highest BCUT2D eigenvalue weighted by Gasteiger charge is 2.45. The molecule has 1 aliphatic carbocycles. The Morgan fingerprint density at radius 2 is 1.74 bits per heavy atom. The van der Waals surface area contributed by atoms with Crippen molar-refractivity contribution in [2.75, 3.05) is 6.61 Å². The highest BCUT2D eigenvalue weighted by atomic mass is 16.7. The largest absolute Gasteiger partial charge is 0.433 e. The van der Waals surface area contributed by atoms with Crippen molar-refractivity contribution < 1.29 is 44.6 Å². The van der Waals surface area contributed by atoms with Gasteiger partial charge in [0.05, 0.1) is 12.7 Å². The van der Waals surface area contributed by atoms with Gasteiger partial charge in [0.1, 0.15) is 30.2 Å². The molecule has 198 valence electrons. The topological polar surface area (TPSA) is 154 Å². The number of Topliss-reactive ketones (excluding diaryl/α,β-unsaturated/α-hetero) is 1. The van der Waals surface area contributed by atoms with Gasteiger partial charge in [-0.2, -0.15) is 0 Å². The fourth-order valence-corrected chi connectivity index (χ4v) is 4.35. The lowest BCUT2D eigenvalue weighted by Crippen LogP contribution is -2.59. The third-order valence-electron chi connectivity index (χ3n) is 6.29. The average Bonchev–Trinajstić information content (AvgIpc) is 3.10. The second-order valence-corrected chi connectivity index (χ2v) is 8.78. The number of esters is 1. The first-order valence-electron chi connectivity index (χ1n) is 12.7. The van der Waals surface area contributed by atoms with Crippen LogP contribution < -0.4 is 0 Å². The lowest BCUT2D eigenvalue weighted by atomic mass is 9.88. The third kappa shape index (κ3) is 9.02. The fourth-order valence-electron chi connectivity index (χ4n) is 4.35. The van der Waals surface area contributed by atoms with Crippen LogP contribution in [0.5, 0.6) is 0 Å². The summed E-state index contributed by atoms with van der Waals surface area (Å²) in [5.41, 5.74) is 0. The fraction of sp³-hybridized carbons (Fsp3) is 0.840. The van der Waals surface area contributed by atoms with Gasteiger partial charge in [-0.15, -0.1) is 0 Å². The normalized spacial score (nSPS) is 33.6. The summed E-state index contributed by atoms with van der Waals surface area (Å²) < 4.78 is 10.2. The number of carbonyl (C=O) groups is 2. The van der Waals surface area contributed by atoms with Crippen LogP contribution in [0.3, 0.4) is 0 Å². The molecule has 1 aliphatic heterocycles. The van der Waals surface area contributed by atoms with Gasteiger partial charge in [-0.3, -0.25) is 9.59 Å². The summed E-state index contributed by atoms with van der Waals surface area (Å²) in [6.45, 7) is 5.49. The van der Waals surface area contributed by atoms with Gasteiger partial charge in [0.25, 0.3) is 0 Å². The Hall–Kier alpha value is -1.36. The summed E-state index contributed by atoms with van der Waals surface area (Å²) in [6, 6.07) is 0. The molecule has 0 radical (unpaired) electrons. The quantitative estimate of drug-likeness (QED) is 0.157. The minimum Gasteiger partial charge on any atom is -0.433 e. The lowest BCUT2D eigenvalue weighted by Gasteiger charge is -2.39. The predicted molar refractivity (Wildman–Crippen MR) is 126 cm³/mol. The number of allylic oxidation sites excluding steroid dienone is 1. The number of rotatable bonds is 12. The van der Waals surface area contributed by atoms with Gasteiger partial charge >= 0.3 is 5.97 Å². The Bertz CT molecular complexity index is 622. The first-order valence-corrected chi connectivity index (χ1v) is 12.7. The second-order valence-electron chi connectivity index (χ2n) is 8.78. The van der Waals surface area contributed by atoms with Crippen LogP contribution in [0.15, 0.2) is 12.2 Å². The molecule has 8 atom stereocenters. The number of aliphatic hydroxyl groups is 5. The molecule has 0 aromatic carbocycles. The molecule has 2 rings (SSSR count). The smallest absolute Gasteiger partial charge is 0.308 e. The van der Waals surface area contributed by atoms with E-state index < -0.39 is 49.4 Å². The van der Waals surface area contributed by atoms with E-state index in [9.17, 15) is 30.0 Å². The summed E-state index contributed by atoms with van der Waals surface area (Å²) in [4.78, 5) is 24.2. The number of hydrogen-bond acceptors (Lipinski definition) is 9. The van der Waals surface area contributed by atoms with Crippen molar-refractivity contribution in [2.45, 2.75) is 115 Å². The van der Waals surface area contributed by atoms with Crippen molar-refractivity contribution in [3.8, 4) is 0 Å². The van der Waals surface area contributed by atoms with Crippen molar-refractivity contribution in [1.82, 2.24) is 0 Å². The molecule has 1 saturated heterocycles. The molecule has 4 unspecified atom stereocenters. The zero-order valence-electron chi connectivity index (χ0n) is 20.7. The van der Waals surface area contributed by atoms with E-state index in [4.69, 9.17) is 14.6 Å². The highest BCUT2D eigenvalue weighted by Crippen LogP contribution is 2.34. The van der Waals surface area contributed by atoms with Crippen LogP contribution in [0.25, 0.3) is 0 Å². The molecule has 9 heteroatoms. The Labute approximate surface area is 202 Å². The van der Waals surface area contributed by atoms with E-state index in [-0.39, 0.29) is 30.5 Å². The van der Waals surface area contributed by atoms with E-state index in [0.717, 1.165) is 32.1 Å². The lowest BCUT2D eigenvalue weighted by molar-refractivity contribution is -0.292. The van der Waals surface area contributed by atoms with Gasteiger partial charge in [-0.05, 0) is 19.3 Å². The van der Waals surface area contributed by atoms with Crippen LogP contribution >= 0.6 is 0 Å². The zero-order valence-corrected chi connectivity index (χ0v) is 20.7. The van der Waals surface area contributed by atoms with Gasteiger partial charge < -0.3 is 35.0 Å². The van der Waals surface area contributed by atoms with Crippen LogP contribution in [0.1, 0.15) is 78.6 Å². The molecule has 0 spiro atoms. The van der Waals surface area contributed by atoms with Crippen LogP contribution in [0.4, 0.5) is 0 Å². The SMILES string of the molecule is CC.CCCC=CC1C(O)CC(=O)C1CCCCCCC(=O)OC1O[C@H](CO)[C@@H](O)[C@H](O)[C@H]1O.